The van der Waals surface area contributed by atoms with E-state index in [0.29, 0.717) is 0 Å². The van der Waals surface area contributed by atoms with Crippen molar-refractivity contribution in [3.05, 3.63) is 47.8 Å². The molecule has 0 unspecified atom stereocenters. The molecule has 1 N–H and O–H groups in total. The summed E-state index contributed by atoms with van der Waals surface area (Å²) in [5.74, 6) is 0. The third-order valence-corrected chi connectivity index (χ3v) is 3.87. The van der Waals surface area contributed by atoms with Gasteiger partial charge < -0.3 is 5.32 Å². The van der Waals surface area contributed by atoms with Gasteiger partial charge in [0.1, 0.15) is 0 Å². The molecule has 0 aliphatic heterocycles. The molecule has 1 aromatic carbocycles. The first-order valence-electron chi connectivity index (χ1n) is 6.73. The normalized spacial score (nSPS) is 11.6. The fraction of sp³-hybridized carbons (Fsp3) is 0.375. The van der Waals surface area contributed by atoms with Crippen LogP contribution in [0.5, 0.6) is 0 Å². The van der Waals surface area contributed by atoms with Crippen LogP contribution in [-0.2, 0) is 6.54 Å². The van der Waals surface area contributed by atoms with E-state index in [0.717, 1.165) is 17.3 Å². The van der Waals surface area contributed by atoms with E-state index in [9.17, 15) is 0 Å². The zero-order valence-electron chi connectivity index (χ0n) is 12.5. The summed E-state index contributed by atoms with van der Waals surface area (Å²) in [6.07, 6.45) is 3.79. The van der Waals surface area contributed by atoms with Gasteiger partial charge >= 0.3 is 0 Å². The van der Waals surface area contributed by atoms with Crippen LogP contribution >= 0.6 is 11.8 Å². The maximum Gasteiger partial charge on any atom is 0.192 e. The van der Waals surface area contributed by atoms with Gasteiger partial charge in [0.05, 0.1) is 0 Å². The average Bonchev–Trinajstić information content (AvgIpc) is 2.40. The van der Waals surface area contributed by atoms with E-state index in [-0.39, 0.29) is 5.54 Å². The van der Waals surface area contributed by atoms with Gasteiger partial charge in [-0.3, -0.25) is 0 Å². The van der Waals surface area contributed by atoms with Gasteiger partial charge in [-0.25, -0.2) is 9.97 Å². The van der Waals surface area contributed by atoms with Crippen molar-refractivity contribution in [2.45, 2.75) is 49.8 Å². The van der Waals surface area contributed by atoms with Crippen molar-refractivity contribution in [3.8, 4) is 0 Å². The molecule has 20 heavy (non-hydrogen) atoms. The van der Waals surface area contributed by atoms with Crippen LogP contribution in [-0.4, -0.2) is 15.5 Å². The Morgan fingerprint density at radius 3 is 2.35 bits per heavy atom. The molecule has 0 aliphatic rings. The number of hydrogen-bond donors (Lipinski definition) is 1. The Hall–Kier alpha value is -1.39. The Morgan fingerprint density at radius 2 is 1.75 bits per heavy atom. The van der Waals surface area contributed by atoms with Crippen LogP contribution in [0.1, 0.15) is 31.9 Å². The maximum atomic E-state index is 4.43. The second kappa shape index (κ2) is 6.37. The fourth-order valence-electron chi connectivity index (χ4n) is 1.62. The van der Waals surface area contributed by atoms with Gasteiger partial charge in [-0.1, -0.05) is 18.2 Å². The van der Waals surface area contributed by atoms with Crippen molar-refractivity contribution >= 4 is 11.8 Å². The van der Waals surface area contributed by atoms with Gasteiger partial charge in [0.2, 0.25) is 0 Å². The Kier molecular flexibility index (Phi) is 4.78. The molecule has 0 atom stereocenters. The first kappa shape index (κ1) is 15.0. The third-order valence-electron chi connectivity index (χ3n) is 2.80. The van der Waals surface area contributed by atoms with Crippen LogP contribution in [0.4, 0.5) is 0 Å². The number of aryl methyl sites for hydroxylation is 1. The predicted molar refractivity (Wildman–Crippen MR) is 83.9 cm³/mol. The molecule has 0 radical (unpaired) electrons. The number of nitrogens with one attached hydrogen (secondary N) is 1. The Morgan fingerprint density at radius 1 is 1.10 bits per heavy atom. The molecular weight excluding hydrogens is 266 g/mol. The number of hydrogen-bond acceptors (Lipinski definition) is 4. The van der Waals surface area contributed by atoms with Gasteiger partial charge in [0.15, 0.2) is 5.16 Å². The highest BCUT2D eigenvalue weighted by molar-refractivity contribution is 7.99. The largest absolute Gasteiger partial charge is 0.308 e. The summed E-state index contributed by atoms with van der Waals surface area (Å²) in [6.45, 7) is 9.34. The summed E-state index contributed by atoms with van der Waals surface area (Å²) in [5.41, 5.74) is 2.46. The van der Waals surface area contributed by atoms with Crippen LogP contribution in [0.3, 0.4) is 0 Å². The summed E-state index contributed by atoms with van der Waals surface area (Å²) < 4.78 is 0. The van der Waals surface area contributed by atoms with E-state index < -0.39 is 0 Å². The zero-order valence-corrected chi connectivity index (χ0v) is 13.3. The lowest BCUT2D eigenvalue weighted by Crippen LogP contribution is -2.35. The highest BCUT2D eigenvalue weighted by Gasteiger charge is 2.09. The molecule has 0 aliphatic carbocycles. The summed E-state index contributed by atoms with van der Waals surface area (Å²) in [5, 5.41) is 4.22. The average molecular weight is 287 g/mol. The monoisotopic (exact) mass is 287 g/mol. The van der Waals surface area contributed by atoms with E-state index in [1.807, 2.05) is 24.5 Å². The first-order valence-corrected chi connectivity index (χ1v) is 7.55. The molecule has 0 amide bonds. The maximum absolute atomic E-state index is 4.43. The van der Waals surface area contributed by atoms with Crippen molar-refractivity contribution in [1.82, 2.24) is 15.3 Å². The van der Waals surface area contributed by atoms with Gasteiger partial charge in [-0.05, 0) is 51.1 Å². The smallest absolute Gasteiger partial charge is 0.192 e. The minimum absolute atomic E-state index is 0.106. The minimum atomic E-state index is 0.106. The van der Waals surface area contributed by atoms with Gasteiger partial charge in [0.25, 0.3) is 0 Å². The first-order chi connectivity index (χ1) is 9.44. The molecule has 0 bridgehead atoms. The number of aromatic nitrogens is 2. The fourth-order valence-corrected chi connectivity index (χ4v) is 2.41. The number of rotatable bonds is 4. The van der Waals surface area contributed by atoms with E-state index in [4.69, 9.17) is 0 Å². The van der Waals surface area contributed by atoms with Crippen molar-refractivity contribution in [2.24, 2.45) is 0 Å². The molecule has 0 spiro atoms. The predicted octanol–water partition coefficient (Wildman–Crippen LogP) is 3.82. The van der Waals surface area contributed by atoms with Crippen LogP contribution in [0.2, 0.25) is 0 Å². The lowest BCUT2D eigenvalue weighted by atomic mass is 10.1. The molecule has 0 saturated heterocycles. The molecule has 106 valence electrons. The number of benzene rings is 1. The third kappa shape index (κ3) is 4.62. The van der Waals surface area contributed by atoms with Crippen molar-refractivity contribution in [2.75, 3.05) is 0 Å². The van der Waals surface area contributed by atoms with Gasteiger partial charge in [0, 0.05) is 34.9 Å². The van der Waals surface area contributed by atoms with E-state index >= 15 is 0 Å². The molecule has 2 aromatic rings. The molecular formula is C16H21N3S. The molecule has 0 fully saturated rings. The zero-order chi connectivity index (χ0) is 14.6. The Balaban J connectivity index is 2.00. The number of nitrogens with zero attached hydrogens (tertiary/aromatic N) is 2. The quantitative estimate of drug-likeness (QED) is 0.867. The topological polar surface area (TPSA) is 37.8 Å². The molecule has 1 heterocycles. The van der Waals surface area contributed by atoms with E-state index in [1.165, 1.54) is 10.5 Å². The van der Waals surface area contributed by atoms with Crippen LogP contribution in [0.25, 0.3) is 0 Å². The molecule has 2 rings (SSSR count). The lowest BCUT2D eigenvalue weighted by Gasteiger charge is -2.20. The molecule has 4 heteroatoms. The standard InChI is InChI=1S/C16H21N3S/c1-12-7-5-6-8-14(12)20-15-17-9-13(10-18-15)11-19-16(2,3)4/h5-10,19H,11H2,1-4H3. The van der Waals surface area contributed by atoms with Gasteiger partial charge in [-0.15, -0.1) is 0 Å². The highest BCUT2D eigenvalue weighted by atomic mass is 32.2. The lowest BCUT2D eigenvalue weighted by molar-refractivity contribution is 0.423. The molecule has 0 saturated carbocycles. The summed E-state index contributed by atoms with van der Waals surface area (Å²) in [7, 11) is 0. The van der Waals surface area contributed by atoms with Crippen molar-refractivity contribution in [3.63, 3.8) is 0 Å². The van der Waals surface area contributed by atoms with Crippen LogP contribution in [0, 0.1) is 6.92 Å². The second-order valence-electron chi connectivity index (χ2n) is 5.84. The van der Waals surface area contributed by atoms with Gasteiger partial charge in [-0.2, -0.15) is 0 Å². The minimum Gasteiger partial charge on any atom is -0.308 e. The summed E-state index contributed by atoms with van der Waals surface area (Å²) in [6, 6.07) is 8.28. The van der Waals surface area contributed by atoms with E-state index in [1.54, 1.807) is 11.8 Å². The summed E-state index contributed by atoms with van der Waals surface area (Å²) in [4.78, 5) is 10.1. The molecule has 3 nitrogen and oxygen atoms in total. The van der Waals surface area contributed by atoms with E-state index in [2.05, 4.69) is 55.1 Å². The Bertz CT molecular complexity index is 559. The SMILES string of the molecule is Cc1ccccc1Sc1ncc(CNC(C)(C)C)cn1. The Labute approximate surface area is 125 Å². The van der Waals surface area contributed by atoms with Crippen molar-refractivity contribution < 1.29 is 0 Å². The van der Waals surface area contributed by atoms with Crippen molar-refractivity contribution in [1.29, 1.82) is 0 Å². The van der Waals surface area contributed by atoms with Crippen LogP contribution in [0.15, 0.2) is 46.7 Å². The van der Waals surface area contributed by atoms with Crippen LogP contribution < -0.4 is 5.32 Å². The summed E-state index contributed by atoms with van der Waals surface area (Å²) >= 11 is 1.60. The highest BCUT2D eigenvalue weighted by Crippen LogP contribution is 2.26. The second-order valence-corrected chi connectivity index (χ2v) is 6.85. The molecule has 1 aromatic heterocycles.